The fourth-order valence-electron chi connectivity index (χ4n) is 1.59. The van der Waals surface area contributed by atoms with Crippen LogP contribution in [0.3, 0.4) is 0 Å². The highest BCUT2D eigenvalue weighted by molar-refractivity contribution is 6.29. The molecule has 0 N–H and O–H groups in total. The zero-order valence-corrected chi connectivity index (χ0v) is 9.98. The lowest BCUT2D eigenvalue weighted by molar-refractivity contribution is 0.158. The Bertz CT molecular complexity index is 485. The second-order valence-electron chi connectivity index (χ2n) is 3.81. The van der Waals surface area contributed by atoms with Crippen molar-refractivity contribution in [3.63, 3.8) is 0 Å². The zero-order valence-electron chi connectivity index (χ0n) is 9.22. The highest BCUT2D eigenvalue weighted by Crippen LogP contribution is 2.10. The Hall–Kier alpha value is -1.20. The predicted octanol–water partition coefficient (Wildman–Crippen LogP) is 1.60. The molecule has 0 radical (unpaired) electrons. The van der Waals surface area contributed by atoms with E-state index >= 15 is 0 Å². The molecule has 5 nitrogen and oxygen atoms in total. The highest BCUT2D eigenvalue weighted by Gasteiger charge is 2.11. The summed E-state index contributed by atoms with van der Waals surface area (Å²) in [7, 11) is 1.69. The first-order chi connectivity index (χ1) is 7.70. The molecule has 0 aromatic carbocycles. The number of ether oxygens (including phenoxy) is 1. The normalized spacial score (nSPS) is 13.2. The van der Waals surface area contributed by atoms with E-state index in [-0.39, 0.29) is 0 Å². The van der Waals surface area contributed by atoms with Crippen molar-refractivity contribution >= 4 is 17.2 Å². The fourth-order valence-corrected chi connectivity index (χ4v) is 1.73. The Kier molecular flexibility index (Phi) is 3.36. The molecule has 0 aliphatic rings. The van der Waals surface area contributed by atoms with Gasteiger partial charge in [0.2, 0.25) is 0 Å². The molecule has 0 saturated heterocycles. The van der Waals surface area contributed by atoms with Crippen molar-refractivity contribution in [2.45, 2.75) is 13.3 Å². The molecule has 86 valence electrons. The molecule has 0 spiro atoms. The summed E-state index contributed by atoms with van der Waals surface area (Å²) in [6.07, 6.45) is 0.766. The lowest BCUT2D eigenvalue weighted by Gasteiger charge is -2.07. The molecule has 16 heavy (non-hydrogen) atoms. The van der Waals surface area contributed by atoms with Gasteiger partial charge in [-0.1, -0.05) is 18.5 Å². The Balaban J connectivity index is 2.27. The minimum Gasteiger partial charge on any atom is -0.384 e. The standard InChI is InChI=1S/C10H13ClN4O/c1-7(6-16-2)5-10-13-12-9-4-3-8(11)14-15(9)10/h3-4,7H,5-6H2,1-2H3. The summed E-state index contributed by atoms with van der Waals surface area (Å²) in [5, 5.41) is 12.7. The summed E-state index contributed by atoms with van der Waals surface area (Å²) in [5.74, 6) is 1.18. The van der Waals surface area contributed by atoms with Crippen molar-refractivity contribution in [1.82, 2.24) is 19.8 Å². The van der Waals surface area contributed by atoms with E-state index in [9.17, 15) is 0 Å². The predicted molar refractivity (Wildman–Crippen MR) is 60.5 cm³/mol. The first-order valence-electron chi connectivity index (χ1n) is 5.06. The lowest BCUT2D eigenvalue weighted by Crippen LogP contribution is -2.10. The third-order valence-corrected chi connectivity index (χ3v) is 2.48. The minimum atomic E-state index is 0.373. The number of hydrogen-bond acceptors (Lipinski definition) is 4. The summed E-state index contributed by atoms with van der Waals surface area (Å²) in [6.45, 7) is 2.78. The lowest BCUT2D eigenvalue weighted by atomic mass is 10.1. The number of hydrogen-bond donors (Lipinski definition) is 0. The molecule has 2 aromatic rings. The zero-order chi connectivity index (χ0) is 11.5. The Morgan fingerprint density at radius 3 is 3.00 bits per heavy atom. The number of nitrogens with zero attached hydrogens (tertiary/aromatic N) is 4. The van der Waals surface area contributed by atoms with E-state index in [0.717, 1.165) is 12.2 Å². The largest absolute Gasteiger partial charge is 0.384 e. The molecule has 2 rings (SSSR count). The second-order valence-corrected chi connectivity index (χ2v) is 4.19. The van der Waals surface area contributed by atoms with Gasteiger partial charge in [-0.2, -0.15) is 9.61 Å². The van der Waals surface area contributed by atoms with E-state index in [1.807, 2.05) is 0 Å². The van der Waals surface area contributed by atoms with Gasteiger partial charge in [-0.3, -0.25) is 0 Å². The van der Waals surface area contributed by atoms with E-state index in [1.165, 1.54) is 0 Å². The van der Waals surface area contributed by atoms with Crippen molar-refractivity contribution in [2.75, 3.05) is 13.7 Å². The number of fused-ring (bicyclic) bond motifs is 1. The third-order valence-electron chi connectivity index (χ3n) is 2.28. The maximum atomic E-state index is 5.83. The van der Waals surface area contributed by atoms with Crippen molar-refractivity contribution in [2.24, 2.45) is 5.92 Å². The third kappa shape index (κ3) is 2.31. The van der Waals surface area contributed by atoms with Gasteiger partial charge in [0.1, 0.15) is 5.15 Å². The molecule has 0 saturated carbocycles. The smallest absolute Gasteiger partial charge is 0.178 e. The number of rotatable bonds is 4. The van der Waals surface area contributed by atoms with Gasteiger partial charge < -0.3 is 4.74 Å². The maximum absolute atomic E-state index is 5.83. The minimum absolute atomic E-state index is 0.373. The van der Waals surface area contributed by atoms with Gasteiger partial charge in [0.05, 0.1) is 0 Å². The molecule has 0 aliphatic heterocycles. The van der Waals surface area contributed by atoms with Crippen LogP contribution in [-0.4, -0.2) is 33.5 Å². The molecule has 1 atom stereocenters. The van der Waals surface area contributed by atoms with Crippen molar-refractivity contribution in [3.8, 4) is 0 Å². The van der Waals surface area contributed by atoms with Crippen LogP contribution in [0.25, 0.3) is 5.65 Å². The molecule has 0 aliphatic carbocycles. The van der Waals surface area contributed by atoms with E-state index < -0.39 is 0 Å². The van der Waals surface area contributed by atoms with Crippen LogP contribution >= 0.6 is 11.6 Å². The van der Waals surface area contributed by atoms with E-state index in [0.29, 0.717) is 23.3 Å². The summed E-state index contributed by atoms with van der Waals surface area (Å²) < 4.78 is 6.76. The van der Waals surface area contributed by atoms with Crippen LogP contribution in [0, 0.1) is 5.92 Å². The molecule has 2 aromatic heterocycles. The summed E-state index contributed by atoms with van der Waals surface area (Å²) >= 11 is 5.83. The summed E-state index contributed by atoms with van der Waals surface area (Å²) in [6, 6.07) is 3.50. The second kappa shape index (κ2) is 4.76. The van der Waals surface area contributed by atoms with Crippen LogP contribution in [0.4, 0.5) is 0 Å². The van der Waals surface area contributed by atoms with Crippen LogP contribution in [0.2, 0.25) is 5.15 Å². The Labute approximate surface area is 98.4 Å². The van der Waals surface area contributed by atoms with Gasteiger partial charge in [-0.15, -0.1) is 10.2 Å². The maximum Gasteiger partial charge on any atom is 0.178 e. The van der Waals surface area contributed by atoms with Crippen molar-refractivity contribution in [3.05, 3.63) is 23.1 Å². The molecule has 0 fully saturated rings. The monoisotopic (exact) mass is 240 g/mol. The topological polar surface area (TPSA) is 52.3 Å². The summed E-state index contributed by atoms with van der Waals surface area (Å²) in [4.78, 5) is 0. The molecular formula is C10H13ClN4O. The average Bonchev–Trinajstić information content (AvgIpc) is 2.61. The van der Waals surface area contributed by atoms with Gasteiger partial charge >= 0.3 is 0 Å². The van der Waals surface area contributed by atoms with Gasteiger partial charge in [0.15, 0.2) is 11.5 Å². The number of methoxy groups -OCH3 is 1. The molecule has 6 heteroatoms. The Morgan fingerprint density at radius 2 is 2.25 bits per heavy atom. The highest BCUT2D eigenvalue weighted by atomic mass is 35.5. The van der Waals surface area contributed by atoms with E-state index in [4.69, 9.17) is 16.3 Å². The van der Waals surface area contributed by atoms with Gasteiger partial charge in [0.25, 0.3) is 0 Å². The quantitative estimate of drug-likeness (QED) is 0.815. The fraction of sp³-hybridized carbons (Fsp3) is 0.500. The number of halogens is 1. The Morgan fingerprint density at radius 1 is 1.44 bits per heavy atom. The van der Waals surface area contributed by atoms with Crippen LogP contribution in [0.1, 0.15) is 12.7 Å². The first kappa shape index (κ1) is 11.3. The number of aromatic nitrogens is 4. The average molecular weight is 241 g/mol. The SMILES string of the molecule is COCC(C)Cc1nnc2ccc(Cl)nn12. The van der Waals surface area contributed by atoms with Crippen LogP contribution < -0.4 is 0 Å². The van der Waals surface area contributed by atoms with Crippen LogP contribution in [0.5, 0.6) is 0 Å². The van der Waals surface area contributed by atoms with Crippen LogP contribution in [0.15, 0.2) is 12.1 Å². The van der Waals surface area contributed by atoms with E-state index in [2.05, 4.69) is 22.2 Å². The van der Waals surface area contributed by atoms with Crippen molar-refractivity contribution < 1.29 is 4.74 Å². The molecular weight excluding hydrogens is 228 g/mol. The molecule has 0 amide bonds. The van der Waals surface area contributed by atoms with Gasteiger partial charge in [-0.05, 0) is 18.1 Å². The van der Waals surface area contributed by atoms with Crippen molar-refractivity contribution in [1.29, 1.82) is 0 Å². The summed E-state index contributed by atoms with van der Waals surface area (Å²) in [5.41, 5.74) is 0.712. The molecule has 2 heterocycles. The molecule has 0 bridgehead atoms. The van der Waals surface area contributed by atoms with E-state index in [1.54, 1.807) is 23.8 Å². The van der Waals surface area contributed by atoms with Gasteiger partial charge in [-0.25, -0.2) is 0 Å². The first-order valence-corrected chi connectivity index (χ1v) is 5.44. The van der Waals surface area contributed by atoms with Crippen LogP contribution in [-0.2, 0) is 11.2 Å². The molecule has 1 unspecified atom stereocenters. The van der Waals surface area contributed by atoms with Gasteiger partial charge in [0, 0.05) is 20.1 Å².